The molecule has 0 saturated carbocycles. The molecule has 2 rings (SSSR count). The normalized spacial score (nSPS) is 11.5. The molecule has 0 atom stereocenters. The second kappa shape index (κ2) is 4.71. The number of amides is 1. The molecule has 102 valence electrons. The molecule has 19 heavy (non-hydrogen) atoms. The standard InChI is InChI=1S/C11H11F2N3O3/c1-11(12,13)8-3-2-7(19-8)6-16-5-4-9(15-16)14-10(17)18/h2-5H,6H2,1H3,(H,14,15)(H,17,18). The van der Waals surface area contributed by atoms with Crippen molar-refractivity contribution in [2.45, 2.75) is 19.4 Å². The van der Waals surface area contributed by atoms with E-state index in [1.54, 1.807) is 0 Å². The van der Waals surface area contributed by atoms with E-state index in [0.717, 1.165) is 6.92 Å². The molecule has 2 aromatic rings. The number of carboxylic acid groups (broad SMARTS) is 1. The van der Waals surface area contributed by atoms with Gasteiger partial charge in [0, 0.05) is 19.2 Å². The zero-order valence-corrected chi connectivity index (χ0v) is 9.93. The molecule has 8 heteroatoms. The van der Waals surface area contributed by atoms with Gasteiger partial charge in [-0.3, -0.25) is 10.00 Å². The van der Waals surface area contributed by atoms with Crippen molar-refractivity contribution in [1.82, 2.24) is 9.78 Å². The third-order valence-electron chi connectivity index (χ3n) is 2.29. The van der Waals surface area contributed by atoms with Gasteiger partial charge in [-0.2, -0.15) is 13.9 Å². The first kappa shape index (κ1) is 13.1. The molecule has 6 nitrogen and oxygen atoms in total. The van der Waals surface area contributed by atoms with Crippen molar-refractivity contribution in [3.63, 3.8) is 0 Å². The highest BCUT2D eigenvalue weighted by molar-refractivity contribution is 5.81. The number of hydrogen-bond donors (Lipinski definition) is 2. The minimum atomic E-state index is -3.03. The molecule has 0 aliphatic carbocycles. The van der Waals surface area contributed by atoms with Gasteiger partial charge in [-0.25, -0.2) is 4.79 Å². The average molecular weight is 271 g/mol. The van der Waals surface area contributed by atoms with Crippen LogP contribution in [0.3, 0.4) is 0 Å². The molecule has 0 spiro atoms. The van der Waals surface area contributed by atoms with Gasteiger partial charge in [-0.05, 0) is 12.1 Å². The van der Waals surface area contributed by atoms with E-state index in [-0.39, 0.29) is 12.4 Å². The Morgan fingerprint density at radius 3 is 2.84 bits per heavy atom. The summed E-state index contributed by atoms with van der Waals surface area (Å²) in [5, 5.41) is 14.5. The van der Waals surface area contributed by atoms with E-state index in [1.807, 2.05) is 0 Å². The molecule has 2 N–H and O–H groups in total. The van der Waals surface area contributed by atoms with E-state index in [0.29, 0.717) is 5.76 Å². The van der Waals surface area contributed by atoms with Crippen molar-refractivity contribution in [1.29, 1.82) is 0 Å². The van der Waals surface area contributed by atoms with Crippen molar-refractivity contribution in [2.75, 3.05) is 5.32 Å². The van der Waals surface area contributed by atoms with Crippen LogP contribution in [0.25, 0.3) is 0 Å². The average Bonchev–Trinajstić information content (AvgIpc) is 2.86. The predicted molar refractivity (Wildman–Crippen MR) is 61.3 cm³/mol. The number of aromatic nitrogens is 2. The lowest BCUT2D eigenvalue weighted by molar-refractivity contribution is -0.00636. The number of hydrogen-bond acceptors (Lipinski definition) is 3. The predicted octanol–water partition coefficient (Wildman–Crippen LogP) is 2.73. The van der Waals surface area contributed by atoms with E-state index >= 15 is 0 Å². The highest BCUT2D eigenvalue weighted by Gasteiger charge is 2.28. The summed E-state index contributed by atoms with van der Waals surface area (Å²) in [5.41, 5.74) is 0. The lowest BCUT2D eigenvalue weighted by Crippen LogP contribution is -2.08. The van der Waals surface area contributed by atoms with Crippen LogP contribution >= 0.6 is 0 Å². The van der Waals surface area contributed by atoms with Crippen molar-refractivity contribution in [2.24, 2.45) is 0 Å². The Kier molecular flexibility index (Phi) is 3.24. The fourth-order valence-electron chi connectivity index (χ4n) is 1.48. The highest BCUT2D eigenvalue weighted by Crippen LogP contribution is 2.28. The molecule has 0 unspecified atom stereocenters. The fourth-order valence-corrected chi connectivity index (χ4v) is 1.48. The fraction of sp³-hybridized carbons (Fsp3) is 0.273. The number of furan rings is 1. The summed E-state index contributed by atoms with van der Waals surface area (Å²) >= 11 is 0. The van der Waals surface area contributed by atoms with Gasteiger partial charge in [-0.15, -0.1) is 0 Å². The lowest BCUT2D eigenvalue weighted by atomic mass is 10.3. The number of anilines is 1. The maximum Gasteiger partial charge on any atom is 0.410 e. The van der Waals surface area contributed by atoms with Crippen molar-refractivity contribution < 1.29 is 23.1 Å². The third-order valence-corrected chi connectivity index (χ3v) is 2.29. The molecule has 2 aromatic heterocycles. The molecule has 0 fully saturated rings. The van der Waals surface area contributed by atoms with Crippen LogP contribution in [0.5, 0.6) is 0 Å². The molecule has 0 aliphatic rings. The molecule has 0 aromatic carbocycles. The Hall–Kier alpha value is -2.38. The molecular formula is C11H11F2N3O3. The van der Waals surface area contributed by atoms with Crippen molar-refractivity contribution in [3.8, 4) is 0 Å². The van der Waals surface area contributed by atoms with Crippen LogP contribution in [0.4, 0.5) is 19.4 Å². The maximum atomic E-state index is 13.0. The first-order valence-corrected chi connectivity index (χ1v) is 5.35. The van der Waals surface area contributed by atoms with Gasteiger partial charge in [0.25, 0.3) is 0 Å². The van der Waals surface area contributed by atoms with Gasteiger partial charge in [0.2, 0.25) is 0 Å². The minimum Gasteiger partial charge on any atom is -0.465 e. The van der Waals surface area contributed by atoms with E-state index in [1.165, 1.54) is 29.1 Å². The Labute approximate surface area is 106 Å². The van der Waals surface area contributed by atoms with Gasteiger partial charge in [0.1, 0.15) is 5.76 Å². The smallest absolute Gasteiger partial charge is 0.410 e. The van der Waals surface area contributed by atoms with E-state index < -0.39 is 17.8 Å². The SMILES string of the molecule is CC(F)(F)c1ccc(Cn2ccc(NC(=O)O)n2)o1. The van der Waals surface area contributed by atoms with Crippen LogP contribution in [0.15, 0.2) is 28.8 Å². The summed E-state index contributed by atoms with van der Waals surface area (Å²) in [6.45, 7) is 0.885. The molecule has 0 radical (unpaired) electrons. The van der Waals surface area contributed by atoms with Crippen molar-refractivity contribution >= 4 is 11.9 Å². The highest BCUT2D eigenvalue weighted by atomic mass is 19.3. The Morgan fingerprint density at radius 1 is 1.53 bits per heavy atom. The summed E-state index contributed by atoms with van der Waals surface area (Å²) in [6.07, 6.45) is 0.286. The molecule has 0 bridgehead atoms. The Bertz CT molecular complexity index is 586. The van der Waals surface area contributed by atoms with Gasteiger partial charge in [-0.1, -0.05) is 0 Å². The Balaban J connectivity index is 2.07. The largest absolute Gasteiger partial charge is 0.465 e. The summed E-state index contributed by atoms with van der Waals surface area (Å²) in [6, 6.07) is 4.08. The first-order chi connectivity index (χ1) is 8.84. The van der Waals surface area contributed by atoms with E-state index in [2.05, 4.69) is 10.4 Å². The minimum absolute atomic E-state index is 0.136. The number of carbonyl (C=O) groups is 1. The summed E-state index contributed by atoms with van der Waals surface area (Å²) < 4.78 is 32.3. The summed E-state index contributed by atoms with van der Waals surface area (Å²) in [7, 11) is 0. The Morgan fingerprint density at radius 2 is 2.26 bits per heavy atom. The number of alkyl halides is 2. The summed E-state index contributed by atoms with van der Waals surface area (Å²) in [4.78, 5) is 10.4. The van der Waals surface area contributed by atoms with Gasteiger partial charge < -0.3 is 9.52 Å². The van der Waals surface area contributed by atoms with Crippen LogP contribution in [-0.4, -0.2) is 21.0 Å². The van der Waals surface area contributed by atoms with Crippen LogP contribution in [0.2, 0.25) is 0 Å². The topological polar surface area (TPSA) is 80.3 Å². The monoisotopic (exact) mass is 271 g/mol. The molecule has 0 aliphatic heterocycles. The van der Waals surface area contributed by atoms with Crippen LogP contribution < -0.4 is 5.32 Å². The van der Waals surface area contributed by atoms with Gasteiger partial charge in [0.05, 0.1) is 6.54 Å². The van der Waals surface area contributed by atoms with E-state index in [4.69, 9.17) is 9.52 Å². The molecular weight excluding hydrogens is 260 g/mol. The molecule has 0 saturated heterocycles. The lowest BCUT2D eigenvalue weighted by Gasteiger charge is -2.05. The zero-order chi connectivity index (χ0) is 14.0. The number of nitrogens with one attached hydrogen (secondary N) is 1. The second-order valence-electron chi connectivity index (χ2n) is 3.98. The molecule has 2 heterocycles. The quantitative estimate of drug-likeness (QED) is 0.895. The van der Waals surface area contributed by atoms with Crippen LogP contribution in [0, 0.1) is 0 Å². The number of halogens is 2. The number of nitrogens with zero attached hydrogens (tertiary/aromatic N) is 2. The van der Waals surface area contributed by atoms with Crippen LogP contribution in [0.1, 0.15) is 18.4 Å². The first-order valence-electron chi connectivity index (χ1n) is 5.35. The van der Waals surface area contributed by atoms with Gasteiger partial charge in [0.15, 0.2) is 11.6 Å². The maximum absolute atomic E-state index is 13.0. The second-order valence-corrected chi connectivity index (χ2v) is 3.98. The van der Waals surface area contributed by atoms with Crippen LogP contribution in [-0.2, 0) is 12.5 Å². The van der Waals surface area contributed by atoms with Crippen molar-refractivity contribution in [3.05, 3.63) is 35.9 Å². The third kappa shape index (κ3) is 3.30. The zero-order valence-electron chi connectivity index (χ0n) is 9.93. The summed E-state index contributed by atoms with van der Waals surface area (Å²) in [5.74, 6) is -2.99. The number of rotatable bonds is 4. The van der Waals surface area contributed by atoms with Gasteiger partial charge >= 0.3 is 12.0 Å². The molecule has 1 amide bonds. The van der Waals surface area contributed by atoms with E-state index in [9.17, 15) is 13.6 Å².